The highest BCUT2D eigenvalue weighted by atomic mass is 16.4. The number of hydrogen-bond donors (Lipinski definition) is 1. The van der Waals surface area contributed by atoms with Crippen molar-refractivity contribution in [1.29, 1.82) is 0 Å². The van der Waals surface area contributed by atoms with Gasteiger partial charge in [-0.05, 0) is 41.9 Å². The van der Waals surface area contributed by atoms with Crippen LogP contribution in [-0.4, -0.2) is 35.0 Å². The molecule has 0 bridgehead atoms. The van der Waals surface area contributed by atoms with E-state index in [1.807, 2.05) is 4.90 Å². The molecule has 4 nitrogen and oxygen atoms in total. The summed E-state index contributed by atoms with van der Waals surface area (Å²) >= 11 is 0. The normalized spacial score (nSPS) is 20.7. The summed E-state index contributed by atoms with van der Waals surface area (Å²) in [7, 11) is 0. The van der Waals surface area contributed by atoms with Gasteiger partial charge in [-0.2, -0.15) is 0 Å². The summed E-state index contributed by atoms with van der Waals surface area (Å²) in [5.74, 6) is -0.0882. The van der Waals surface area contributed by atoms with Gasteiger partial charge in [0.2, 0.25) is 5.91 Å². The van der Waals surface area contributed by atoms with Gasteiger partial charge >= 0.3 is 5.97 Å². The summed E-state index contributed by atoms with van der Waals surface area (Å²) < 4.78 is 0. The molecule has 1 amide bonds. The molecule has 0 aliphatic carbocycles. The summed E-state index contributed by atoms with van der Waals surface area (Å²) in [5.41, 5.74) is 1.46. The third-order valence-corrected chi connectivity index (χ3v) is 4.95. The number of aryl methyl sites for hydroxylation is 1. The number of carbonyl (C=O) groups excluding carboxylic acids is 1. The second-order valence-electron chi connectivity index (χ2n) is 7.00. The first kappa shape index (κ1) is 16.5. The van der Waals surface area contributed by atoms with Gasteiger partial charge in [0.15, 0.2) is 0 Å². The number of aromatic carboxylic acids is 1. The Morgan fingerprint density at radius 3 is 2.45 bits per heavy atom. The molecule has 1 aliphatic rings. The predicted octanol–water partition coefficient (Wildman–Crippen LogP) is 3.21. The summed E-state index contributed by atoms with van der Waals surface area (Å²) in [4.78, 5) is 25.2. The number of carbonyl (C=O) groups is 2. The summed E-state index contributed by atoms with van der Waals surface area (Å²) in [6.45, 7) is 8.38. The molecule has 22 heavy (non-hydrogen) atoms. The maximum Gasteiger partial charge on any atom is 0.335 e. The van der Waals surface area contributed by atoms with Crippen LogP contribution < -0.4 is 0 Å². The van der Waals surface area contributed by atoms with Crippen molar-refractivity contribution in [2.75, 3.05) is 13.1 Å². The molecule has 1 aromatic rings. The summed E-state index contributed by atoms with van der Waals surface area (Å²) in [5, 5.41) is 8.87. The highest BCUT2D eigenvalue weighted by molar-refractivity contribution is 5.87. The van der Waals surface area contributed by atoms with Crippen LogP contribution in [0.4, 0.5) is 0 Å². The Kier molecular flexibility index (Phi) is 4.89. The monoisotopic (exact) mass is 303 g/mol. The van der Waals surface area contributed by atoms with E-state index in [0.29, 0.717) is 18.8 Å². The number of rotatable bonds is 4. The molecule has 0 radical (unpaired) electrons. The van der Waals surface area contributed by atoms with Crippen molar-refractivity contribution in [2.45, 2.75) is 40.0 Å². The van der Waals surface area contributed by atoms with Crippen molar-refractivity contribution in [3.05, 3.63) is 35.4 Å². The van der Waals surface area contributed by atoms with Crippen LogP contribution in [0, 0.1) is 11.3 Å². The molecule has 0 saturated carbocycles. The molecule has 4 heteroatoms. The first-order chi connectivity index (χ1) is 10.3. The fourth-order valence-corrected chi connectivity index (χ4v) is 2.90. The Bertz CT molecular complexity index is 548. The predicted molar refractivity (Wildman–Crippen MR) is 85.9 cm³/mol. The van der Waals surface area contributed by atoms with Crippen molar-refractivity contribution < 1.29 is 14.7 Å². The molecule has 1 aromatic carbocycles. The number of carboxylic acids is 1. The van der Waals surface area contributed by atoms with Crippen LogP contribution in [0.2, 0.25) is 0 Å². The van der Waals surface area contributed by atoms with Gasteiger partial charge in [-0.3, -0.25) is 4.79 Å². The van der Waals surface area contributed by atoms with Crippen molar-refractivity contribution in [1.82, 2.24) is 4.90 Å². The highest BCUT2D eigenvalue weighted by Crippen LogP contribution is 2.34. The van der Waals surface area contributed by atoms with Crippen LogP contribution in [0.1, 0.15) is 49.5 Å². The molecule has 1 heterocycles. The van der Waals surface area contributed by atoms with E-state index in [-0.39, 0.29) is 16.9 Å². The molecule has 120 valence electrons. The zero-order chi connectivity index (χ0) is 16.3. The Hall–Kier alpha value is -1.84. The van der Waals surface area contributed by atoms with Gasteiger partial charge in [0.25, 0.3) is 0 Å². The molecule has 1 aliphatic heterocycles. The van der Waals surface area contributed by atoms with Gasteiger partial charge in [-0.1, -0.05) is 32.9 Å². The first-order valence-corrected chi connectivity index (χ1v) is 7.89. The molecule has 1 atom stereocenters. The van der Waals surface area contributed by atoms with E-state index in [9.17, 15) is 9.59 Å². The first-order valence-electron chi connectivity index (χ1n) is 7.89. The van der Waals surface area contributed by atoms with E-state index >= 15 is 0 Å². The van der Waals surface area contributed by atoms with E-state index in [1.165, 1.54) is 0 Å². The number of carboxylic acid groups (broad SMARTS) is 1. The van der Waals surface area contributed by atoms with E-state index in [0.717, 1.165) is 25.1 Å². The third-order valence-electron chi connectivity index (χ3n) is 4.95. The molecule has 1 saturated heterocycles. The van der Waals surface area contributed by atoms with E-state index < -0.39 is 5.97 Å². The minimum Gasteiger partial charge on any atom is -0.478 e. The smallest absolute Gasteiger partial charge is 0.335 e. The highest BCUT2D eigenvalue weighted by Gasteiger charge is 2.34. The fraction of sp³-hybridized carbons (Fsp3) is 0.556. The lowest BCUT2D eigenvalue weighted by molar-refractivity contribution is -0.135. The minimum atomic E-state index is -0.924. The average Bonchev–Trinajstić information content (AvgIpc) is 2.48. The average molecular weight is 303 g/mol. The quantitative estimate of drug-likeness (QED) is 0.929. The number of piperidine rings is 1. The topological polar surface area (TPSA) is 57.6 Å². The standard InChI is InChI=1S/C18H25NO3/c1-13-10-11-19(12-18(13,2)3)16(20)9-6-14-4-7-15(8-5-14)17(21)22/h4-5,7-8,13H,6,9-12H2,1-3H3,(H,21,22). The molecule has 0 aromatic heterocycles. The number of nitrogens with zero attached hydrogens (tertiary/aromatic N) is 1. The Morgan fingerprint density at radius 2 is 1.91 bits per heavy atom. The lowest BCUT2D eigenvalue weighted by Crippen LogP contribution is -2.47. The number of hydrogen-bond acceptors (Lipinski definition) is 2. The summed E-state index contributed by atoms with van der Waals surface area (Å²) in [6.07, 6.45) is 2.20. The molecule has 2 rings (SSSR count). The van der Waals surface area contributed by atoms with Gasteiger partial charge in [0.1, 0.15) is 0 Å². The second kappa shape index (κ2) is 6.51. The fourth-order valence-electron chi connectivity index (χ4n) is 2.90. The SMILES string of the molecule is CC1CCN(C(=O)CCc2ccc(C(=O)O)cc2)CC1(C)C. The second-order valence-corrected chi connectivity index (χ2v) is 7.00. The minimum absolute atomic E-state index is 0.178. The van der Waals surface area contributed by atoms with Crippen molar-refractivity contribution in [2.24, 2.45) is 11.3 Å². The van der Waals surface area contributed by atoms with E-state index in [2.05, 4.69) is 20.8 Å². The van der Waals surface area contributed by atoms with Crippen LogP contribution in [0.5, 0.6) is 0 Å². The zero-order valence-electron chi connectivity index (χ0n) is 13.6. The molecule has 1 unspecified atom stereocenters. The molecule has 0 spiro atoms. The van der Waals surface area contributed by atoms with Crippen LogP contribution in [0.15, 0.2) is 24.3 Å². The Balaban J connectivity index is 1.89. The van der Waals surface area contributed by atoms with E-state index in [4.69, 9.17) is 5.11 Å². The van der Waals surface area contributed by atoms with Crippen molar-refractivity contribution in [3.8, 4) is 0 Å². The van der Waals surface area contributed by atoms with Gasteiger partial charge in [0.05, 0.1) is 5.56 Å². The van der Waals surface area contributed by atoms with Crippen molar-refractivity contribution >= 4 is 11.9 Å². The lowest BCUT2D eigenvalue weighted by Gasteiger charge is -2.43. The van der Waals surface area contributed by atoms with E-state index in [1.54, 1.807) is 24.3 Å². The summed E-state index contributed by atoms with van der Waals surface area (Å²) in [6, 6.07) is 6.76. The van der Waals surface area contributed by atoms with Crippen LogP contribution in [0.3, 0.4) is 0 Å². The van der Waals surface area contributed by atoms with Gasteiger partial charge < -0.3 is 10.0 Å². The lowest BCUT2D eigenvalue weighted by atomic mass is 9.75. The Morgan fingerprint density at radius 1 is 1.27 bits per heavy atom. The number of likely N-dealkylation sites (tertiary alicyclic amines) is 1. The van der Waals surface area contributed by atoms with Gasteiger partial charge in [0, 0.05) is 19.5 Å². The third kappa shape index (κ3) is 3.87. The Labute approximate surface area is 132 Å². The number of benzene rings is 1. The largest absolute Gasteiger partial charge is 0.478 e. The van der Waals surface area contributed by atoms with Crippen LogP contribution in [-0.2, 0) is 11.2 Å². The van der Waals surface area contributed by atoms with Crippen LogP contribution in [0.25, 0.3) is 0 Å². The number of amides is 1. The molecular weight excluding hydrogens is 278 g/mol. The maximum atomic E-state index is 12.4. The van der Waals surface area contributed by atoms with Gasteiger partial charge in [-0.15, -0.1) is 0 Å². The van der Waals surface area contributed by atoms with Crippen molar-refractivity contribution in [3.63, 3.8) is 0 Å². The maximum absolute atomic E-state index is 12.4. The zero-order valence-corrected chi connectivity index (χ0v) is 13.6. The molecule has 1 fully saturated rings. The van der Waals surface area contributed by atoms with Gasteiger partial charge in [-0.25, -0.2) is 4.79 Å². The molecule has 1 N–H and O–H groups in total. The van der Waals surface area contributed by atoms with Crippen LogP contribution >= 0.6 is 0 Å². The molecular formula is C18H25NO3.